The van der Waals surface area contributed by atoms with Crippen molar-refractivity contribution in [2.75, 3.05) is 13.2 Å². The third kappa shape index (κ3) is 6.19. The van der Waals surface area contributed by atoms with Crippen LogP contribution in [0.4, 0.5) is 0 Å². The molecule has 15 nitrogen and oxygen atoms in total. The molecule has 15 heteroatoms. The lowest BCUT2D eigenvalue weighted by Crippen LogP contribution is -2.70. The Balaban J connectivity index is 1.16. The van der Waals surface area contributed by atoms with Crippen LogP contribution >= 0.6 is 0 Å². The van der Waals surface area contributed by atoms with Crippen LogP contribution in [0.25, 0.3) is 0 Å². The molecule has 9 N–H and O–H groups in total. The minimum atomic E-state index is -2.00. The standard InChI is InChI=1S/C42H66O15/c1-37(2)14-15-38(3)20(16-37)19-8-9-23-39(4)12-11-24(40(5,18-44)22(39)10-13-41(23,6)42(19,7)33(51)32(38)50)55-36-29(49)30(28(48)31(57-36)34(52)53)56-35-27(47)26(46)25(45)21(17-43)54-35/h8,20-31,33,35-36,43-49,51H,9-18H2,1-7H3,(H,52,53)/t20-,21+,22+,23+,24-,25+,26-,27+,28-,29+,30-,31-,33-,35-,36+,38-,39-,40-,41+,42-/m0/s1. The monoisotopic (exact) mass is 810 g/mol. The van der Waals surface area contributed by atoms with Crippen LogP contribution in [-0.4, -0.2) is 145 Å². The Labute approximate surface area is 334 Å². The number of carboxylic acid groups (broad SMARTS) is 1. The van der Waals surface area contributed by atoms with Gasteiger partial charge in [0.05, 0.1) is 19.3 Å². The predicted molar refractivity (Wildman–Crippen MR) is 200 cm³/mol. The van der Waals surface area contributed by atoms with Crippen LogP contribution in [0.5, 0.6) is 0 Å². The SMILES string of the molecule is CC1(C)CC[C@]2(C)C(=O)[C@H](O)[C@]3(C)C(=CC[C@@H]4[C@@]5(C)CC[C@H](O[C@@H]6O[C@H](C(=O)O)[C@@H](O)[C@H](O[C@@H]7O[C@H](CO)[C@@H](O)[C@H](O)[C@H]7O)[C@H]6O)[C@@](C)(CO)[C@@H]5CC[C@]43C)[C@@H]2C1. The summed E-state index contributed by atoms with van der Waals surface area (Å²) >= 11 is 0. The zero-order valence-electron chi connectivity index (χ0n) is 34.3. The molecule has 0 spiro atoms. The van der Waals surface area contributed by atoms with Gasteiger partial charge in [0.25, 0.3) is 0 Å². The molecule has 6 fully saturated rings. The van der Waals surface area contributed by atoms with E-state index in [4.69, 9.17) is 18.9 Å². The van der Waals surface area contributed by atoms with Crippen molar-refractivity contribution in [3.63, 3.8) is 0 Å². The van der Waals surface area contributed by atoms with Crippen LogP contribution in [0.1, 0.15) is 99.8 Å². The number of ketones is 1. The highest BCUT2D eigenvalue weighted by Crippen LogP contribution is 2.75. The van der Waals surface area contributed by atoms with Gasteiger partial charge >= 0.3 is 5.97 Å². The molecular weight excluding hydrogens is 744 g/mol. The molecule has 20 atom stereocenters. The number of Topliss-reactive ketones (excluding diaryl/α,β-unsaturated/α-hetero) is 1. The fourth-order valence-corrected chi connectivity index (χ4v) is 13.5. The van der Waals surface area contributed by atoms with Gasteiger partial charge in [0.1, 0.15) is 48.8 Å². The van der Waals surface area contributed by atoms with E-state index in [-0.39, 0.29) is 41.0 Å². The maximum Gasteiger partial charge on any atom is 0.335 e. The Morgan fingerprint density at radius 1 is 0.789 bits per heavy atom. The van der Waals surface area contributed by atoms with Gasteiger partial charge in [-0.25, -0.2) is 4.79 Å². The molecule has 324 valence electrons. The number of carboxylic acids is 1. The van der Waals surface area contributed by atoms with Crippen molar-refractivity contribution in [3.05, 3.63) is 11.6 Å². The molecule has 0 aromatic heterocycles. The molecular formula is C42H66O15. The van der Waals surface area contributed by atoms with E-state index in [1.807, 2.05) is 6.92 Å². The molecule has 57 heavy (non-hydrogen) atoms. The van der Waals surface area contributed by atoms with Gasteiger partial charge in [-0.3, -0.25) is 4.79 Å². The summed E-state index contributed by atoms with van der Waals surface area (Å²) in [6.07, 6.45) is -11.8. The van der Waals surface area contributed by atoms with Gasteiger partial charge in [0, 0.05) is 16.2 Å². The molecule has 2 aliphatic heterocycles. The third-order valence-corrected chi connectivity index (χ3v) is 17.3. The highest BCUT2D eigenvalue weighted by Gasteiger charge is 2.72. The lowest BCUT2D eigenvalue weighted by Gasteiger charge is -2.72. The molecule has 0 aromatic rings. The van der Waals surface area contributed by atoms with E-state index in [9.17, 15) is 55.5 Å². The van der Waals surface area contributed by atoms with E-state index in [1.165, 1.54) is 5.57 Å². The average molecular weight is 811 g/mol. The quantitative estimate of drug-likeness (QED) is 0.129. The third-order valence-electron chi connectivity index (χ3n) is 17.3. The van der Waals surface area contributed by atoms with Gasteiger partial charge in [0.15, 0.2) is 24.5 Å². The molecule has 0 unspecified atom stereocenters. The summed E-state index contributed by atoms with van der Waals surface area (Å²) in [5.41, 5.74) is -1.89. The molecule has 0 aromatic carbocycles. The molecule has 0 amide bonds. The average Bonchev–Trinajstić information content (AvgIpc) is 3.15. The number of fused-ring (bicyclic) bond motifs is 7. The Morgan fingerprint density at radius 2 is 1.46 bits per heavy atom. The summed E-state index contributed by atoms with van der Waals surface area (Å²) in [7, 11) is 0. The van der Waals surface area contributed by atoms with E-state index < -0.39 is 108 Å². The van der Waals surface area contributed by atoms with Crippen molar-refractivity contribution in [2.45, 2.75) is 173 Å². The lowest BCUT2D eigenvalue weighted by molar-refractivity contribution is -0.366. The van der Waals surface area contributed by atoms with Crippen LogP contribution < -0.4 is 0 Å². The first kappa shape index (κ1) is 43.5. The smallest absolute Gasteiger partial charge is 0.335 e. The van der Waals surface area contributed by atoms with Crippen LogP contribution in [0.15, 0.2) is 11.6 Å². The second-order valence-corrected chi connectivity index (χ2v) is 20.6. The van der Waals surface area contributed by atoms with Crippen molar-refractivity contribution in [2.24, 2.45) is 50.2 Å². The molecule has 7 aliphatic rings. The first-order valence-electron chi connectivity index (χ1n) is 20.9. The number of carbonyl (C=O) groups is 2. The molecule has 2 heterocycles. The van der Waals surface area contributed by atoms with E-state index in [2.05, 4.69) is 47.6 Å². The van der Waals surface area contributed by atoms with E-state index in [0.29, 0.717) is 25.7 Å². The highest BCUT2D eigenvalue weighted by molar-refractivity contribution is 5.92. The van der Waals surface area contributed by atoms with Crippen molar-refractivity contribution in [1.82, 2.24) is 0 Å². The van der Waals surface area contributed by atoms with Crippen molar-refractivity contribution in [1.29, 1.82) is 0 Å². The van der Waals surface area contributed by atoms with Gasteiger partial charge in [-0.2, -0.15) is 0 Å². The Morgan fingerprint density at radius 3 is 2.09 bits per heavy atom. The number of rotatable bonds is 7. The van der Waals surface area contributed by atoms with Gasteiger partial charge in [-0.1, -0.05) is 60.1 Å². The number of aliphatic hydroxyl groups excluding tert-OH is 8. The molecule has 5 aliphatic carbocycles. The van der Waals surface area contributed by atoms with Crippen LogP contribution in [0.2, 0.25) is 0 Å². The second kappa shape index (κ2) is 14.5. The number of ether oxygens (including phenoxy) is 4. The Hall–Kier alpha value is -1.60. The van der Waals surface area contributed by atoms with Crippen molar-refractivity contribution < 1.29 is 74.5 Å². The molecule has 0 radical (unpaired) electrons. The van der Waals surface area contributed by atoms with Crippen molar-refractivity contribution in [3.8, 4) is 0 Å². The summed E-state index contributed by atoms with van der Waals surface area (Å²) in [5, 5.41) is 96.9. The van der Waals surface area contributed by atoms with Crippen LogP contribution in [0, 0.1) is 50.2 Å². The normalized spacial score (nSPS) is 54.8. The Bertz CT molecular complexity index is 1600. The number of carbonyl (C=O) groups excluding carboxylic acids is 1. The van der Waals surface area contributed by atoms with Crippen LogP contribution in [0.3, 0.4) is 0 Å². The number of aliphatic hydroxyl groups is 8. The maximum atomic E-state index is 14.4. The summed E-state index contributed by atoms with van der Waals surface area (Å²) < 4.78 is 23.3. The molecule has 0 bridgehead atoms. The fraction of sp³-hybridized carbons (Fsp3) is 0.905. The van der Waals surface area contributed by atoms with Gasteiger partial charge in [0.2, 0.25) is 0 Å². The Kier molecular flexibility index (Phi) is 11.1. The largest absolute Gasteiger partial charge is 0.479 e. The maximum absolute atomic E-state index is 14.4. The van der Waals surface area contributed by atoms with Gasteiger partial charge < -0.3 is 64.9 Å². The second-order valence-electron chi connectivity index (χ2n) is 20.6. The van der Waals surface area contributed by atoms with E-state index >= 15 is 0 Å². The van der Waals surface area contributed by atoms with Gasteiger partial charge in [-0.05, 0) is 85.4 Å². The number of allylic oxidation sites excluding steroid dienone is 1. The summed E-state index contributed by atoms with van der Waals surface area (Å²) in [6.45, 7) is 14.0. The molecule has 4 saturated carbocycles. The van der Waals surface area contributed by atoms with E-state index in [1.54, 1.807) is 0 Å². The molecule has 7 rings (SSSR count). The minimum Gasteiger partial charge on any atom is -0.479 e. The molecule has 2 saturated heterocycles. The van der Waals surface area contributed by atoms with E-state index in [0.717, 1.165) is 25.7 Å². The number of aliphatic carboxylic acids is 1. The van der Waals surface area contributed by atoms with Gasteiger partial charge in [-0.15, -0.1) is 0 Å². The number of hydrogen-bond acceptors (Lipinski definition) is 14. The zero-order valence-corrected chi connectivity index (χ0v) is 34.3. The zero-order chi connectivity index (χ0) is 42.0. The first-order valence-corrected chi connectivity index (χ1v) is 20.9. The topological polar surface area (TPSA) is 253 Å². The number of hydrogen-bond donors (Lipinski definition) is 9. The first-order chi connectivity index (χ1) is 26.5. The fourth-order valence-electron chi connectivity index (χ4n) is 13.5. The highest BCUT2D eigenvalue weighted by atomic mass is 16.7. The summed E-state index contributed by atoms with van der Waals surface area (Å²) in [4.78, 5) is 26.7. The lowest BCUT2D eigenvalue weighted by atomic mass is 9.33. The predicted octanol–water partition coefficient (Wildman–Crippen LogP) is 1.03. The summed E-state index contributed by atoms with van der Waals surface area (Å²) in [6, 6.07) is 0. The summed E-state index contributed by atoms with van der Waals surface area (Å²) in [5.74, 6) is -1.70. The van der Waals surface area contributed by atoms with Crippen LogP contribution in [-0.2, 0) is 28.5 Å². The minimum absolute atomic E-state index is 0.0344. The van der Waals surface area contributed by atoms with Crippen molar-refractivity contribution >= 4 is 11.8 Å².